The second kappa shape index (κ2) is 12.9. The highest BCUT2D eigenvalue weighted by Crippen LogP contribution is 2.54. The van der Waals surface area contributed by atoms with E-state index in [0.29, 0.717) is 14.3 Å². The van der Waals surface area contributed by atoms with Gasteiger partial charge in [0.25, 0.3) is 0 Å². The fourth-order valence-corrected chi connectivity index (χ4v) is 7.21. The number of hydrogen-bond donors (Lipinski definition) is 2. The van der Waals surface area contributed by atoms with Gasteiger partial charge in [-0.15, -0.1) is 0 Å². The maximum atomic E-state index is 12.0. The zero-order valence-electron chi connectivity index (χ0n) is 26.0. The molecule has 2 N–H and O–H groups in total. The van der Waals surface area contributed by atoms with E-state index in [-0.39, 0.29) is 16.0 Å². The van der Waals surface area contributed by atoms with Crippen molar-refractivity contribution in [2.75, 3.05) is 5.32 Å². The zero-order chi connectivity index (χ0) is 28.8. The number of hydrogen-bond acceptors (Lipinski definition) is 2. The molecule has 3 heteroatoms. The predicted octanol–water partition coefficient (Wildman–Crippen LogP) is 10.1. The predicted molar refractivity (Wildman–Crippen MR) is 175 cm³/mol. The topological polar surface area (TPSA) is 32.3 Å². The van der Waals surface area contributed by atoms with E-state index >= 15 is 0 Å². The van der Waals surface area contributed by atoms with Gasteiger partial charge in [-0.25, -0.2) is 0 Å². The number of nitrogens with one attached hydrogen (secondary N) is 1. The zero-order valence-corrected chi connectivity index (χ0v) is 27.0. The Morgan fingerprint density at radius 2 is 1.46 bits per heavy atom. The molecule has 0 spiro atoms. The van der Waals surface area contributed by atoms with Crippen molar-refractivity contribution in [1.29, 1.82) is 0 Å². The molecule has 3 rings (SSSR count). The number of anilines is 1. The Morgan fingerprint density at radius 1 is 0.795 bits per heavy atom. The molecule has 0 aromatic heterocycles. The van der Waals surface area contributed by atoms with E-state index in [1.54, 1.807) is 0 Å². The molecule has 0 heterocycles. The highest BCUT2D eigenvalue weighted by molar-refractivity contribution is 7.48. The summed E-state index contributed by atoms with van der Waals surface area (Å²) in [4.78, 5) is 0. The van der Waals surface area contributed by atoms with E-state index in [1.807, 2.05) is 0 Å². The fourth-order valence-electron chi connectivity index (χ4n) is 5.40. The average Bonchev–Trinajstić information content (AvgIpc) is 2.87. The Bertz CT molecular complexity index is 1220. The second-order valence-corrected chi connectivity index (χ2v) is 15.1. The first-order valence-electron chi connectivity index (χ1n) is 14.9. The molecule has 3 aromatic rings. The van der Waals surface area contributed by atoms with E-state index < -0.39 is 0 Å². The standard InChI is InChI=1S/C36H52NOP/c1-10-12-16-21-36(11-2,31-24-28(34(4,5)6)23-30(33(31)38)35(7,8)9)39-32-20-19-26(3)22-27(32)25-37-29-17-14-13-15-18-29/h13-15,17-20,22-24,37-39H,10-12,16,21,25H2,1-9H3. The molecular formula is C36H52NOP. The summed E-state index contributed by atoms with van der Waals surface area (Å²) in [6.45, 7) is 21.1. The van der Waals surface area contributed by atoms with Crippen molar-refractivity contribution in [3.05, 3.63) is 88.5 Å². The van der Waals surface area contributed by atoms with Gasteiger partial charge in [0.05, 0.1) is 0 Å². The van der Waals surface area contributed by atoms with Crippen molar-refractivity contribution in [2.24, 2.45) is 0 Å². The Labute approximate surface area is 240 Å². The minimum absolute atomic E-state index is 0.00306. The minimum Gasteiger partial charge on any atom is -0.507 e. The van der Waals surface area contributed by atoms with Gasteiger partial charge >= 0.3 is 0 Å². The summed E-state index contributed by atoms with van der Waals surface area (Å²) >= 11 is 0. The molecule has 0 radical (unpaired) electrons. The summed E-state index contributed by atoms with van der Waals surface area (Å²) in [5.41, 5.74) is 7.18. The van der Waals surface area contributed by atoms with Crippen molar-refractivity contribution in [3.63, 3.8) is 0 Å². The fraction of sp³-hybridized carbons (Fsp3) is 0.500. The van der Waals surface area contributed by atoms with Crippen molar-refractivity contribution in [3.8, 4) is 5.75 Å². The molecule has 3 aromatic carbocycles. The van der Waals surface area contributed by atoms with E-state index in [2.05, 4.69) is 128 Å². The quantitative estimate of drug-likeness (QED) is 0.186. The van der Waals surface area contributed by atoms with Crippen LogP contribution in [0.2, 0.25) is 0 Å². The van der Waals surface area contributed by atoms with Crippen LogP contribution < -0.4 is 10.6 Å². The highest BCUT2D eigenvalue weighted by atomic mass is 31.1. The van der Waals surface area contributed by atoms with Crippen LogP contribution in [-0.2, 0) is 22.5 Å². The number of unbranched alkanes of at least 4 members (excludes halogenated alkanes) is 2. The summed E-state index contributed by atoms with van der Waals surface area (Å²) in [5, 5.41) is 16.9. The smallest absolute Gasteiger partial charge is 0.123 e. The van der Waals surface area contributed by atoms with E-state index in [0.717, 1.165) is 36.2 Å². The van der Waals surface area contributed by atoms with Gasteiger partial charge in [-0.1, -0.05) is 137 Å². The largest absolute Gasteiger partial charge is 0.507 e. The van der Waals surface area contributed by atoms with Crippen LogP contribution >= 0.6 is 8.58 Å². The number of para-hydroxylation sites is 1. The Morgan fingerprint density at radius 3 is 2.05 bits per heavy atom. The molecule has 0 fully saturated rings. The van der Waals surface area contributed by atoms with Crippen molar-refractivity contribution >= 4 is 19.6 Å². The van der Waals surface area contributed by atoms with E-state index in [4.69, 9.17) is 0 Å². The molecule has 0 amide bonds. The molecule has 0 aliphatic carbocycles. The third kappa shape index (κ3) is 7.88. The summed E-state index contributed by atoms with van der Waals surface area (Å²) in [6, 6.07) is 22.0. The van der Waals surface area contributed by atoms with E-state index in [1.165, 1.54) is 41.3 Å². The lowest BCUT2D eigenvalue weighted by Crippen LogP contribution is -2.27. The molecule has 2 atom stereocenters. The first kappa shape index (κ1) is 31.2. The number of phenols is 1. The third-order valence-electron chi connectivity index (χ3n) is 8.00. The number of phenolic OH excluding ortho intramolecular Hbond substituents is 1. The molecule has 2 unspecified atom stereocenters. The molecule has 0 bridgehead atoms. The highest BCUT2D eigenvalue weighted by Gasteiger charge is 2.37. The number of benzene rings is 3. The van der Waals surface area contributed by atoms with Crippen LogP contribution in [0.25, 0.3) is 0 Å². The average molecular weight is 546 g/mol. The van der Waals surface area contributed by atoms with Gasteiger partial charge in [-0.2, -0.15) is 0 Å². The van der Waals surface area contributed by atoms with Crippen LogP contribution in [0.3, 0.4) is 0 Å². The van der Waals surface area contributed by atoms with Gasteiger partial charge in [0, 0.05) is 23.0 Å². The van der Waals surface area contributed by atoms with Gasteiger partial charge in [0.1, 0.15) is 5.75 Å². The molecule has 212 valence electrons. The monoisotopic (exact) mass is 545 g/mol. The maximum Gasteiger partial charge on any atom is 0.123 e. The van der Waals surface area contributed by atoms with Gasteiger partial charge in [-0.05, 0) is 64.7 Å². The minimum atomic E-state index is -0.138. The van der Waals surface area contributed by atoms with Crippen LogP contribution in [-0.4, -0.2) is 5.11 Å². The first-order chi connectivity index (χ1) is 18.3. The summed E-state index contributed by atoms with van der Waals surface area (Å²) in [7, 11) is 0.573. The molecule has 0 saturated carbocycles. The van der Waals surface area contributed by atoms with E-state index in [9.17, 15) is 5.11 Å². The molecule has 39 heavy (non-hydrogen) atoms. The summed E-state index contributed by atoms with van der Waals surface area (Å²) in [6.07, 6.45) is 5.67. The van der Waals surface area contributed by atoms with Gasteiger partial charge in [0.2, 0.25) is 0 Å². The van der Waals surface area contributed by atoms with Crippen molar-refractivity contribution < 1.29 is 5.11 Å². The molecule has 0 saturated heterocycles. The van der Waals surface area contributed by atoms with Gasteiger partial charge in [-0.3, -0.25) is 0 Å². The molecule has 2 nitrogen and oxygen atoms in total. The number of rotatable bonds is 11. The van der Waals surface area contributed by atoms with Crippen LogP contribution in [0.1, 0.15) is 115 Å². The SMILES string of the molecule is CCCCCC(CC)(Pc1ccc(C)cc1CNc1ccccc1)c1cc(C(C)(C)C)cc(C(C)(C)C)c1O. The molecule has 0 aliphatic rings. The lowest BCUT2D eigenvalue weighted by Gasteiger charge is -2.38. The normalized spacial score (nSPS) is 14.1. The molecular weight excluding hydrogens is 493 g/mol. The van der Waals surface area contributed by atoms with Crippen molar-refractivity contribution in [1.82, 2.24) is 0 Å². The summed E-state index contributed by atoms with van der Waals surface area (Å²) < 4.78 is 0. The Kier molecular flexibility index (Phi) is 10.3. The first-order valence-corrected chi connectivity index (χ1v) is 15.9. The third-order valence-corrected chi connectivity index (χ3v) is 10.1. The van der Waals surface area contributed by atoms with Crippen LogP contribution in [0.5, 0.6) is 5.75 Å². The summed E-state index contributed by atoms with van der Waals surface area (Å²) in [5.74, 6) is 0.512. The van der Waals surface area contributed by atoms with Gasteiger partial charge < -0.3 is 10.4 Å². The number of aromatic hydroxyl groups is 1. The van der Waals surface area contributed by atoms with Gasteiger partial charge in [0.15, 0.2) is 0 Å². The second-order valence-electron chi connectivity index (χ2n) is 13.3. The number of aryl methyl sites for hydroxylation is 1. The Balaban J connectivity index is 2.17. The van der Waals surface area contributed by atoms with Crippen LogP contribution in [0, 0.1) is 6.92 Å². The lowest BCUT2D eigenvalue weighted by atomic mass is 9.76. The van der Waals surface area contributed by atoms with Crippen LogP contribution in [0.4, 0.5) is 5.69 Å². The Hall–Kier alpha value is -2.31. The van der Waals surface area contributed by atoms with Crippen LogP contribution in [0.15, 0.2) is 60.7 Å². The van der Waals surface area contributed by atoms with Crippen molar-refractivity contribution in [2.45, 2.75) is 117 Å². The maximum absolute atomic E-state index is 12.0. The lowest BCUT2D eigenvalue weighted by molar-refractivity contribution is 0.415. The molecule has 0 aliphatic heterocycles.